The Bertz CT molecular complexity index is 888. The Morgan fingerprint density at radius 1 is 1.03 bits per heavy atom. The molecule has 8 heteroatoms. The predicted octanol–water partition coefficient (Wildman–Crippen LogP) is 3.92. The number of rotatable bonds is 11. The van der Waals surface area contributed by atoms with Crippen molar-refractivity contribution in [3.8, 4) is 17.2 Å². The second kappa shape index (κ2) is 11.1. The lowest BCUT2D eigenvalue weighted by Gasteiger charge is -2.16. The molecule has 162 valence electrons. The van der Waals surface area contributed by atoms with Crippen LogP contribution in [-0.2, 0) is 4.79 Å². The number of ether oxygens (including phenoxy) is 3. The number of halogens is 2. The molecule has 0 fully saturated rings. The molecule has 1 N–H and O–H groups in total. The molecule has 2 rings (SSSR count). The van der Waals surface area contributed by atoms with E-state index in [1.54, 1.807) is 25.1 Å². The average Bonchev–Trinajstić information content (AvgIpc) is 2.70. The van der Waals surface area contributed by atoms with Gasteiger partial charge in [-0.25, -0.2) is 8.78 Å². The summed E-state index contributed by atoms with van der Waals surface area (Å²) in [6.45, 7) is 3.52. The van der Waals surface area contributed by atoms with E-state index in [1.807, 2.05) is 0 Å². The van der Waals surface area contributed by atoms with Crippen LogP contribution in [0.15, 0.2) is 36.4 Å². The van der Waals surface area contributed by atoms with Crippen LogP contribution in [0.25, 0.3) is 0 Å². The SMILES string of the molecule is COc1cc(C(C)=O)ccc1OCCCC(=O)NC(C)COc1ccc(F)cc1F. The molecule has 30 heavy (non-hydrogen) atoms. The molecule has 0 spiro atoms. The van der Waals surface area contributed by atoms with E-state index in [0.717, 1.165) is 12.1 Å². The molecule has 0 bridgehead atoms. The second-order valence-corrected chi connectivity index (χ2v) is 6.73. The van der Waals surface area contributed by atoms with Gasteiger partial charge in [0.2, 0.25) is 5.91 Å². The summed E-state index contributed by atoms with van der Waals surface area (Å²) in [6, 6.07) is 7.60. The molecule has 2 aromatic carbocycles. The highest BCUT2D eigenvalue weighted by atomic mass is 19.1. The van der Waals surface area contributed by atoms with Crippen molar-refractivity contribution in [1.82, 2.24) is 5.32 Å². The number of hydrogen-bond acceptors (Lipinski definition) is 5. The Balaban J connectivity index is 1.71. The molecule has 0 radical (unpaired) electrons. The van der Waals surface area contributed by atoms with Crippen LogP contribution in [0.5, 0.6) is 17.2 Å². The summed E-state index contributed by atoms with van der Waals surface area (Å²) >= 11 is 0. The largest absolute Gasteiger partial charge is 0.493 e. The molecule has 0 aliphatic rings. The third-order valence-electron chi connectivity index (χ3n) is 4.17. The predicted molar refractivity (Wildman–Crippen MR) is 107 cm³/mol. The highest BCUT2D eigenvalue weighted by molar-refractivity contribution is 5.94. The van der Waals surface area contributed by atoms with Crippen LogP contribution in [0.3, 0.4) is 0 Å². The Morgan fingerprint density at radius 2 is 1.77 bits per heavy atom. The van der Waals surface area contributed by atoms with Crippen molar-refractivity contribution < 1.29 is 32.6 Å². The summed E-state index contributed by atoms with van der Waals surface area (Å²) in [5.41, 5.74) is 0.523. The molecule has 0 aromatic heterocycles. The molecule has 0 heterocycles. The summed E-state index contributed by atoms with van der Waals surface area (Å²) in [5, 5.41) is 2.74. The molecular formula is C22H25F2NO5. The summed E-state index contributed by atoms with van der Waals surface area (Å²) in [6.07, 6.45) is 0.687. The van der Waals surface area contributed by atoms with Crippen LogP contribution in [0, 0.1) is 11.6 Å². The van der Waals surface area contributed by atoms with E-state index in [-0.39, 0.29) is 43.1 Å². The van der Waals surface area contributed by atoms with Gasteiger partial charge in [0.1, 0.15) is 12.4 Å². The minimum atomic E-state index is -0.794. The maximum Gasteiger partial charge on any atom is 0.220 e. The Kier molecular flexibility index (Phi) is 8.58. The minimum Gasteiger partial charge on any atom is -0.493 e. The Morgan fingerprint density at radius 3 is 2.43 bits per heavy atom. The van der Waals surface area contributed by atoms with Crippen molar-refractivity contribution in [3.63, 3.8) is 0 Å². The van der Waals surface area contributed by atoms with Gasteiger partial charge in [-0.3, -0.25) is 9.59 Å². The number of ketones is 1. The number of carbonyl (C=O) groups excluding carboxylic acids is 2. The lowest BCUT2D eigenvalue weighted by Crippen LogP contribution is -2.36. The Hall–Kier alpha value is -3.16. The maximum absolute atomic E-state index is 13.5. The molecule has 0 saturated carbocycles. The molecule has 0 aliphatic heterocycles. The van der Waals surface area contributed by atoms with E-state index < -0.39 is 11.6 Å². The summed E-state index contributed by atoms with van der Waals surface area (Å²) in [5.74, 6) is -0.884. The topological polar surface area (TPSA) is 73.9 Å². The quantitative estimate of drug-likeness (QED) is 0.440. The van der Waals surface area contributed by atoms with Crippen molar-refractivity contribution in [1.29, 1.82) is 0 Å². The fraction of sp³-hybridized carbons (Fsp3) is 0.364. The molecule has 0 saturated heterocycles. The van der Waals surface area contributed by atoms with Crippen LogP contribution < -0.4 is 19.5 Å². The van der Waals surface area contributed by atoms with Crippen molar-refractivity contribution in [2.24, 2.45) is 0 Å². The van der Waals surface area contributed by atoms with Gasteiger partial charge >= 0.3 is 0 Å². The lowest BCUT2D eigenvalue weighted by atomic mass is 10.1. The highest BCUT2D eigenvalue weighted by Crippen LogP contribution is 2.28. The summed E-state index contributed by atoms with van der Waals surface area (Å²) in [4.78, 5) is 23.4. The van der Waals surface area contributed by atoms with Crippen molar-refractivity contribution in [2.45, 2.75) is 32.7 Å². The fourth-order valence-electron chi connectivity index (χ4n) is 2.62. The van der Waals surface area contributed by atoms with Crippen LogP contribution in [0.4, 0.5) is 8.78 Å². The van der Waals surface area contributed by atoms with E-state index >= 15 is 0 Å². The van der Waals surface area contributed by atoms with E-state index in [9.17, 15) is 18.4 Å². The van der Waals surface area contributed by atoms with Gasteiger partial charge in [0.15, 0.2) is 28.8 Å². The van der Waals surface area contributed by atoms with Gasteiger partial charge in [0.25, 0.3) is 0 Å². The zero-order valence-electron chi connectivity index (χ0n) is 17.2. The number of hydrogen-bond donors (Lipinski definition) is 1. The fourth-order valence-corrected chi connectivity index (χ4v) is 2.62. The minimum absolute atomic E-state index is 0.0461. The highest BCUT2D eigenvalue weighted by Gasteiger charge is 2.12. The smallest absolute Gasteiger partial charge is 0.220 e. The maximum atomic E-state index is 13.5. The zero-order chi connectivity index (χ0) is 22.1. The van der Waals surface area contributed by atoms with Gasteiger partial charge in [-0.2, -0.15) is 0 Å². The zero-order valence-corrected chi connectivity index (χ0v) is 17.2. The van der Waals surface area contributed by atoms with Crippen molar-refractivity contribution in [2.75, 3.05) is 20.3 Å². The first kappa shape index (κ1) is 23.1. The van der Waals surface area contributed by atoms with Crippen molar-refractivity contribution in [3.05, 3.63) is 53.6 Å². The van der Waals surface area contributed by atoms with E-state index in [4.69, 9.17) is 14.2 Å². The molecule has 6 nitrogen and oxygen atoms in total. The van der Waals surface area contributed by atoms with Crippen LogP contribution in [0.2, 0.25) is 0 Å². The van der Waals surface area contributed by atoms with Gasteiger partial charge in [0, 0.05) is 18.1 Å². The van der Waals surface area contributed by atoms with Gasteiger partial charge in [-0.05, 0) is 50.6 Å². The molecule has 1 amide bonds. The van der Waals surface area contributed by atoms with Gasteiger partial charge < -0.3 is 19.5 Å². The number of methoxy groups -OCH3 is 1. The number of carbonyl (C=O) groups is 2. The molecule has 0 aliphatic carbocycles. The van der Waals surface area contributed by atoms with E-state index in [2.05, 4.69) is 5.32 Å². The van der Waals surface area contributed by atoms with Gasteiger partial charge in [0.05, 0.1) is 19.8 Å². The molecular weight excluding hydrogens is 396 g/mol. The van der Waals surface area contributed by atoms with Crippen molar-refractivity contribution >= 4 is 11.7 Å². The molecule has 1 unspecified atom stereocenters. The first-order valence-corrected chi connectivity index (χ1v) is 9.49. The van der Waals surface area contributed by atoms with Gasteiger partial charge in [-0.15, -0.1) is 0 Å². The monoisotopic (exact) mass is 421 g/mol. The molecule has 1 atom stereocenters. The summed E-state index contributed by atoms with van der Waals surface area (Å²) < 4.78 is 42.5. The van der Waals surface area contributed by atoms with Gasteiger partial charge in [-0.1, -0.05) is 0 Å². The number of Topliss-reactive ketones (excluding diaryl/α,β-unsaturated/α-hetero) is 1. The third kappa shape index (κ3) is 7.02. The summed E-state index contributed by atoms with van der Waals surface area (Å²) in [7, 11) is 1.49. The standard InChI is InChI=1S/C22H25F2NO5/c1-14(13-30-19-9-7-17(23)12-18(19)24)25-22(27)5-4-10-29-20-8-6-16(15(2)26)11-21(20)28-3/h6-9,11-12,14H,4-5,10,13H2,1-3H3,(H,25,27). The Labute approximate surface area is 174 Å². The second-order valence-electron chi connectivity index (χ2n) is 6.73. The van der Waals surface area contributed by atoms with E-state index in [0.29, 0.717) is 23.5 Å². The first-order chi connectivity index (χ1) is 14.3. The third-order valence-corrected chi connectivity index (χ3v) is 4.17. The average molecular weight is 421 g/mol. The number of nitrogens with one attached hydrogen (secondary N) is 1. The van der Waals surface area contributed by atoms with Crippen LogP contribution in [0.1, 0.15) is 37.0 Å². The lowest BCUT2D eigenvalue weighted by molar-refractivity contribution is -0.122. The first-order valence-electron chi connectivity index (χ1n) is 9.49. The number of amides is 1. The van der Waals surface area contributed by atoms with Crippen LogP contribution in [-0.4, -0.2) is 38.1 Å². The van der Waals surface area contributed by atoms with Crippen LogP contribution >= 0.6 is 0 Å². The van der Waals surface area contributed by atoms with E-state index in [1.165, 1.54) is 20.1 Å². The molecule has 2 aromatic rings. The normalized spacial score (nSPS) is 11.5. The number of benzene rings is 2.